The van der Waals surface area contributed by atoms with E-state index in [4.69, 9.17) is 0 Å². The number of aryl methyl sites for hydroxylation is 1. The Kier molecular flexibility index (Phi) is 2.32. The summed E-state index contributed by atoms with van der Waals surface area (Å²) in [6.45, 7) is 7.63. The van der Waals surface area contributed by atoms with Crippen LogP contribution < -0.4 is 0 Å². The SMILES string of the molecule is CC1=C(C)C(Cn2ncc3cc(C)ccc32)C1. The van der Waals surface area contributed by atoms with Crippen molar-refractivity contribution in [3.05, 3.63) is 41.1 Å². The van der Waals surface area contributed by atoms with Crippen molar-refractivity contribution < 1.29 is 0 Å². The Bertz CT molecular complexity index is 604. The molecule has 1 heterocycles. The maximum Gasteiger partial charge on any atom is 0.0682 e. The predicted octanol–water partition coefficient (Wildman–Crippen LogP) is 3.70. The molecule has 2 nitrogen and oxygen atoms in total. The molecule has 2 aromatic rings. The molecule has 0 saturated heterocycles. The summed E-state index contributed by atoms with van der Waals surface area (Å²) in [4.78, 5) is 0. The van der Waals surface area contributed by atoms with Crippen LogP contribution in [0.2, 0.25) is 0 Å². The van der Waals surface area contributed by atoms with Crippen LogP contribution >= 0.6 is 0 Å². The van der Waals surface area contributed by atoms with Crippen LogP contribution in [0.4, 0.5) is 0 Å². The summed E-state index contributed by atoms with van der Waals surface area (Å²) in [5.41, 5.74) is 5.67. The average Bonchev–Trinajstić information content (AvgIpc) is 2.71. The second-order valence-electron chi connectivity index (χ2n) is 5.25. The average molecular weight is 226 g/mol. The lowest BCUT2D eigenvalue weighted by atomic mass is 9.79. The smallest absolute Gasteiger partial charge is 0.0682 e. The van der Waals surface area contributed by atoms with E-state index in [1.807, 2.05) is 6.20 Å². The predicted molar refractivity (Wildman–Crippen MR) is 71.0 cm³/mol. The molecule has 0 aliphatic heterocycles. The lowest BCUT2D eigenvalue weighted by Crippen LogP contribution is -2.21. The molecule has 1 aromatic heterocycles. The molecule has 0 spiro atoms. The molecular weight excluding hydrogens is 208 g/mol. The summed E-state index contributed by atoms with van der Waals surface area (Å²) < 4.78 is 2.15. The summed E-state index contributed by atoms with van der Waals surface area (Å²) in [6, 6.07) is 6.55. The maximum atomic E-state index is 4.51. The molecule has 17 heavy (non-hydrogen) atoms. The Morgan fingerprint density at radius 3 is 2.82 bits per heavy atom. The van der Waals surface area contributed by atoms with Crippen molar-refractivity contribution in [1.82, 2.24) is 9.78 Å². The minimum absolute atomic E-state index is 0.694. The number of benzene rings is 1. The van der Waals surface area contributed by atoms with E-state index in [9.17, 15) is 0 Å². The fraction of sp³-hybridized carbons (Fsp3) is 0.400. The lowest BCUT2D eigenvalue weighted by molar-refractivity contribution is 0.432. The molecule has 1 unspecified atom stereocenters. The number of hydrogen-bond donors (Lipinski definition) is 0. The molecule has 2 heteroatoms. The van der Waals surface area contributed by atoms with Crippen molar-refractivity contribution in [1.29, 1.82) is 0 Å². The van der Waals surface area contributed by atoms with Crippen molar-refractivity contribution in [2.45, 2.75) is 33.7 Å². The molecule has 0 saturated carbocycles. The van der Waals surface area contributed by atoms with E-state index in [1.54, 1.807) is 11.1 Å². The van der Waals surface area contributed by atoms with Crippen molar-refractivity contribution in [3.8, 4) is 0 Å². The maximum absolute atomic E-state index is 4.51. The molecule has 0 radical (unpaired) electrons. The van der Waals surface area contributed by atoms with Crippen LogP contribution in [0.25, 0.3) is 10.9 Å². The van der Waals surface area contributed by atoms with E-state index in [1.165, 1.54) is 22.9 Å². The van der Waals surface area contributed by atoms with Gasteiger partial charge in [0.1, 0.15) is 0 Å². The summed E-state index contributed by atoms with van der Waals surface area (Å²) in [6.07, 6.45) is 3.21. The van der Waals surface area contributed by atoms with E-state index in [2.05, 4.69) is 48.8 Å². The quantitative estimate of drug-likeness (QED) is 0.714. The fourth-order valence-electron chi connectivity index (χ4n) is 2.66. The molecule has 1 aliphatic rings. The Morgan fingerprint density at radius 1 is 1.29 bits per heavy atom. The normalized spacial score (nSPS) is 19.8. The van der Waals surface area contributed by atoms with Crippen molar-refractivity contribution in [2.75, 3.05) is 0 Å². The monoisotopic (exact) mass is 226 g/mol. The number of fused-ring (bicyclic) bond motifs is 1. The zero-order valence-corrected chi connectivity index (χ0v) is 10.7. The third-order valence-corrected chi connectivity index (χ3v) is 4.03. The van der Waals surface area contributed by atoms with E-state index in [0.717, 1.165) is 6.54 Å². The first-order chi connectivity index (χ1) is 8.15. The highest BCUT2D eigenvalue weighted by Crippen LogP contribution is 2.35. The van der Waals surface area contributed by atoms with E-state index in [0.29, 0.717) is 5.92 Å². The topological polar surface area (TPSA) is 17.8 Å². The first-order valence-electron chi connectivity index (χ1n) is 6.23. The molecule has 88 valence electrons. The van der Waals surface area contributed by atoms with Gasteiger partial charge >= 0.3 is 0 Å². The second-order valence-corrected chi connectivity index (χ2v) is 5.25. The highest BCUT2D eigenvalue weighted by atomic mass is 15.3. The number of nitrogens with zero attached hydrogens (tertiary/aromatic N) is 2. The van der Waals surface area contributed by atoms with Gasteiger partial charge in [0.25, 0.3) is 0 Å². The minimum Gasteiger partial charge on any atom is -0.264 e. The largest absolute Gasteiger partial charge is 0.264 e. The highest BCUT2D eigenvalue weighted by molar-refractivity contribution is 5.79. The molecule has 3 rings (SSSR count). The molecule has 0 fully saturated rings. The van der Waals surface area contributed by atoms with Crippen LogP contribution in [0, 0.1) is 12.8 Å². The zero-order chi connectivity index (χ0) is 12.0. The third-order valence-electron chi connectivity index (χ3n) is 4.03. The van der Waals surface area contributed by atoms with Crippen LogP contribution in [-0.2, 0) is 6.54 Å². The number of aromatic nitrogens is 2. The van der Waals surface area contributed by atoms with Crippen molar-refractivity contribution in [3.63, 3.8) is 0 Å². The van der Waals surface area contributed by atoms with Crippen molar-refractivity contribution in [2.24, 2.45) is 5.92 Å². The summed E-state index contributed by atoms with van der Waals surface area (Å²) in [7, 11) is 0. The van der Waals surface area contributed by atoms with Gasteiger partial charge in [0.05, 0.1) is 11.7 Å². The van der Waals surface area contributed by atoms with E-state index in [-0.39, 0.29) is 0 Å². The fourth-order valence-corrected chi connectivity index (χ4v) is 2.66. The van der Waals surface area contributed by atoms with Crippen LogP contribution in [0.5, 0.6) is 0 Å². The van der Waals surface area contributed by atoms with Gasteiger partial charge in [0.15, 0.2) is 0 Å². The summed E-state index contributed by atoms with van der Waals surface area (Å²) in [5, 5.41) is 5.76. The molecule has 1 aromatic carbocycles. The first-order valence-corrected chi connectivity index (χ1v) is 6.23. The van der Waals surface area contributed by atoms with E-state index < -0.39 is 0 Å². The van der Waals surface area contributed by atoms with Gasteiger partial charge in [0, 0.05) is 17.8 Å². The van der Waals surface area contributed by atoms with Crippen LogP contribution in [-0.4, -0.2) is 9.78 Å². The van der Waals surface area contributed by atoms with Crippen molar-refractivity contribution >= 4 is 10.9 Å². The summed E-state index contributed by atoms with van der Waals surface area (Å²) >= 11 is 0. The van der Waals surface area contributed by atoms with Gasteiger partial charge in [-0.05, 0) is 39.3 Å². The minimum atomic E-state index is 0.694. The van der Waals surface area contributed by atoms with Gasteiger partial charge in [-0.1, -0.05) is 22.8 Å². The van der Waals surface area contributed by atoms with Gasteiger partial charge in [-0.2, -0.15) is 5.10 Å². The second kappa shape index (κ2) is 3.73. The Labute approximate surface area is 102 Å². The Morgan fingerprint density at radius 2 is 2.12 bits per heavy atom. The van der Waals surface area contributed by atoms with Crippen LogP contribution in [0.3, 0.4) is 0 Å². The Balaban J connectivity index is 1.92. The van der Waals surface area contributed by atoms with Crippen LogP contribution in [0.15, 0.2) is 35.5 Å². The van der Waals surface area contributed by atoms with Gasteiger partial charge in [0.2, 0.25) is 0 Å². The van der Waals surface area contributed by atoms with E-state index >= 15 is 0 Å². The third kappa shape index (κ3) is 1.68. The van der Waals surface area contributed by atoms with Gasteiger partial charge in [-0.3, -0.25) is 4.68 Å². The standard InChI is InChI=1S/C15H18N2/c1-10-4-5-15-13(6-10)8-16-17(15)9-14-7-11(2)12(14)3/h4-6,8,14H,7,9H2,1-3H3. The van der Waals surface area contributed by atoms with Gasteiger partial charge in [-0.15, -0.1) is 0 Å². The molecule has 0 bridgehead atoms. The molecule has 0 N–H and O–H groups in total. The van der Waals surface area contributed by atoms with Crippen LogP contribution in [0.1, 0.15) is 25.8 Å². The number of allylic oxidation sites excluding steroid dienone is 2. The Hall–Kier alpha value is -1.57. The molecule has 0 amide bonds. The highest BCUT2D eigenvalue weighted by Gasteiger charge is 2.23. The summed E-state index contributed by atoms with van der Waals surface area (Å²) in [5.74, 6) is 0.694. The number of hydrogen-bond acceptors (Lipinski definition) is 1. The molecule has 1 aliphatic carbocycles. The zero-order valence-electron chi connectivity index (χ0n) is 10.7. The van der Waals surface area contributed by atoms with Gasteiger partial charge in [-0.25, -0.2) is 0 Å². The first kappa shape index (κ1) is 10.6. The lowest BCUT2D eigenvalue weighted by Gasteiger charge is -2.29. The van der Waals surface area contributed by atoms with Gasteiger partial charge < -0.3 is 0 Å². The molecular formula is C15H18N2. The number of rotatable bonds is 2. The molecule has 1 atom stereocenters.